The fourth-order valence-electron chi connectivity index (χ4n) is 2.59. The summed E-state index contributed by atoms with van der Waals surface area (Å²) in [7, 11) is 2.16. The fourth-order valence-corrected chi connectivity index (χ4v) is 2.59. The quantitative estimate of drug-likeness (QED) is 0.822. The van der Waals surface area contributed by atoms with Crippen LogP contribution in [0.5, 0.6) is 6.01 Å². The van der Waals surface area contributed by atoms with Crippen LogP contribution >= 0.6 is 0 Å². The zero-order valence-corrected chi connectivity index (χ0v) is 13.4. The van der Waals surface area contributed by atoms with E-state index >= 15 is 0 Å². The lowest BCUT2D eigenvalue weighted by Gasteiger charge is -2.35. The van der Waals surface area contributed by atoms with Crippen LogP contribution in [0.2, 0.25) is 0 Å². The molecule has 0 spiro atoms. The van der Waals surface area contributed by atoms with Crippen molar-refractivity contribution in [2.45, 2.75) is 33.2 Å². The summed E-state index contributed by atoms with van der Waals surface area (Å²) in [5.41, 5.74) is 0. The molecule has 0 aliphatic carbocycles. The summed E-state index contributed by atoms with van der Waals surface area (Å²) in [6.07, 6.45) is 1.09. The fraction of sp³-hybridized carbons (Fsp3) is 0.786. The Bertz CT molecular complexity index is 431. The minimum Gasteiger partial charge on any atom is -0.464 e. The van der Waals surface area contributed by atoms with E-state index in [-0.39, 0.29) is 0 Å². The molecule has 0 amide bonds. The number of nitrogens with zero attached hydrogens (tertiary/aromatic N) is 4. The van der Waals surface area contributed by atoms with Crippen LogP contribution in [0.3, 0.4) is 0 Å². The van der Waals surface area contributed by atoms with Gasteiger partial charge >= 0.3 is 6.01 Å². The Hall–Kier alpha value is -1.63. The first-order valence-electron chi connectivity index (χ1n) is 7.70. The summed E-state index contributed by atoms with van der Waals surface area (Å²) in [4.78, 5) is 15.3. The highest BCUT2D eigenvalue weighted by molar-refractivity contribution is 5.36. The summed E-state index contributed by atoms with van der Waals surface area (Å²) in [6.45, 7) is 9.66. The molecule has 2 atom stereocenters. The first-order chi connectivity index (χ1) is 10.1. The standard InChI is InChI=1S/C14H26N6O/c1-5-15-12-17-13(19-14(18-12)21-6-2)16-11-7-8-20(4)9-10(11)3/h10-11H,5-9H2,1-4H3,(H2,15,16,17,18,19). The molecule has 1 aliphatic rings. The summed E-state index contributed by atoms with van der Waals surface area (Å²) < 4.78 is 5.42. The van der Waals surface area contributed by atoms with Crippen molar-refractivity contribution in [3.8, 4) is 6.01 Å². The Morgan fingerprint density at radius 2 is 2.00 bits per heavy atom. The number of hydrogen-bond donors (Lipinski definition) is 2. The smallest absolute Gasteiger partial charge is 0.323 e. The molecule has 1 saturated heterocycles. The minimum absolute atomic E-state index is 0.367. The maximum Gasteiger partial charge on any atom is 0.323 e. The molecule has 1 aromatic heterocycles. The maximum atomic E-state index is 5.42. The summed E-state index contributed by atoms with van der Waals surface area (Å²) in [6, 6.07) is 0.749. The third-order valence-corrected chi connectivity index (χ3v) is 3.65. The van der Waals surface area contributed by atoms with E-state index in [2.05, 4.69) is 44.5 Å². The Morgan fingerprint density at radius 1 is 1.24 bits per heavy atom. The average Bonchev–Trinajstić information content (AvgIpc) is 2.42. The highest BCUT2D eigenvalue weighted by Gasteiger charge is 2.25. The van der Waals surface area contributed by atoms with Crippen molar-refractivity contribution in [2.24, 2.45) is 5.92 Å². The largest absolute Gasteiger partial charge is 0.464 e. The molecule has 118 valence electrons. The van der Waals surface area contributed by atoms with Crippen molar-refractivity contribution in [3.63, 3.8) is 0 Å². The van der Waals surface area contributed by atoms with Gasteiger partial charge in [-0.25, -0.2) is 0 Å². The van der Waals surface area contributed by atoms with Gasteiger partial charge in [0, 0.05) is 19.1 Å². The Morgan fingerprint density at radius 3 is 2.67 bits per heavy atom. The van der Waals surface area contributed by atoms with E-state index < -0.39 is 0 Å². The molecule has 1 aromatic rings. The van der Waals surface area contributed by atoms with Crippen molar-refractivity contribution >= 4 is 11.9 Å². The van der Waals surface area contributed by atoms with Crippen molar-refractivity contribution in [1.82, 2.24) is 19.9 Å². The van der Waals surface area contributed by atoms with Gasteiger partial charge in [0.15, 0.2) is 0 Å². The molecule has 1 aliphatic heterocycles. The predicted octanol–water partition coefficient (Wildman–Crippen LogP) is 1.45. The van der Waals surface area contributed by atoms with Crippen LogP contribution in [0.1, 0.15) is 27.2 Å². The average molecular weight is 294 g/mol. The third kappa shape index (κ3) is 4.42. The number of ether oxygens (including phenoxy) is 1. The lowest BCUT2D eigenvalue weighted by Crippen LogP contribution is -2.43. The van der Waals surface area contributed by atoms with E-state index in [1.165, 1.54) is 0 Å². The van der Waals surface area contributed by atoms with Crippen LogP contribution in [0, 0.1) is 5.92 Å². The highest BCUT2D eigenvalue weighted by atomic mass is 16.5. The first kappa shape index (κ1) is 15.8. The van der Waals surface area contributed by atoms with E-state index in [9.17, 15) is 0 Å². The molecule has 7 nitrogen and oxygen atoms in total. The molecule has 0 saturated carbocycles. The van der Waals surface area contributed by atoms with Gasteiger partial charge in [-0.1, -0.05) is 6.92 Å². The SMILES string of the molecule is CCNc1nc(NC2CCN(C)CC2C)nc(OCC)n1. The van der Waals surface area contributed by atoms with E-state index in [4.69, 9.17) is 4.74 Å². The number of rotatable bonds is 6. The van der Waals surface area contributed by atoms with Gasteiger partial charge in [-0.3, -0.25) is 0 Å². The second-order valence-corrected chi connectivity index (χ2v) is 5.51. The summed E-state index contributed by atoms with van der Waals surface area (Å²) in [5.74, 6) is 1.70. The molecule has 21 heavy (non-hydrogen) atoms. The monoisotopic (exact) mass is 294 g/mol. The van der Waals surface area contributed by atoms with Crippen molar-refractivity contribution in [2.75, 3.05) is 43.9 Å². The van der Waals surface area contributed by atoms with Gasteiger partial charge in [-0.05, 0) is 39.8 Å². The van der Waals surface area contributed by atoms with Gasteiger partial charge in [0.1, 0.15) is 0 Å². The molecular formula is C14H26N6O. The zero-order chi connectivity index (χ0) is 15.2. The molecule has 7 heteroatoms. The Labute approximate surface area is 126 Å². The Balaban J connectivity index is 2.10. The van der Waals surface area contributed by atoms with Crippen molar-refractivity contribution in [3.05, 3.63) is 0 Å². The van der Waals surface area contributed by atoms with E-state index in [0.29, 0.717) is 36.5 Å². The predicted molar refractivity (Wildman–Crippen MR) is 83.8 cm³/mol. The van der Waals surface area contributed by atoms with Crippen LogP contribution in [-0.2, 0) is 0 Å². The topological polar surface area (TPSA) is 75.2 Å². The molecule has 2 rings (SSSR count). The van der Waals surface area contributed by atoms with Gasteiger partial charge in [0.2, 0.25) is 11.9 Å². The number of piperidine rings is 1. The van der Waals surface area contributed by atoms with Crippen molar-refractivity contribution < 1.29 is 4.74 Å². The molecule has 0 radical (unpaired) electrons. The number of aromatic nitrogens is 3. The molecule has 0 aromatic carbocycles. The van der Waals surface area contributed by atoms with Gasteiger partial charge in [-0.2, -0.15) is 15.0 Å². The summed E-state index contributed by atoms with van der Waals surface area (Å²) >= 11 is 0. The number of likely N-dealkylation sites (tertiary alicyclic amines) is 1. The zero-order valence-electron chi connectivity index (χ0n) is 13.4. The van der Waals surface area contributed by atoms with E-state index in [0.717, 1.165) is 26.1 Å². The van der Waals surface area contributed by atoms with E-state index in [1.807, 2.05) is 13.8 Å². The van der Waals surface area contributed by atoms with E-state index in [1.54, 1.807) is 0 Å². The number of nitrogens with one attached hydrogen (secondary N) is 2. The van der Waals surface area contributed by atoms with Gasteiger partial charge in [-0.15, -0.1) is 0 Å². The lowest BCUT2D eigenvalue weighted by atomic mass is 9.94. The lowest BCUT2D eigenvalue weighted by molar-refractivity contribution is 0.205. The van der Waals surface area contributed by atoms with Gasteiger partial charge in [0.25, 0.3) is 0 Å². The second-order valence-electron chi connectivity index (χ2n) is 5.51. The van der Waals surface area contributed by atoms with Gasteiger partial charge in [0.05, 0.1) is 6.61 Å². The molecule has 2 N–H and O–H groups in total. The normalized spacial score (nSPS) is 22.9. The first-order valence-corrected chi connectivity index (χ1v) is 7.70. The summed E-state index contributed by atoms with van der Waals surface area (Å²) in [5, 5.41) is 6.55. The minimum atomic E-state index is 0.367. The second kappa shape index (κ2) is 7.40. The molecule has 2 unspecified atom stereocenters. The Kier molecular flexibility index (Phi) is 5.55. The number of hydrogen-bond acceptors (Lipinski definition) is 7. The molecule has 1 fully saturated rings. The van der Waals surface area contributed by atoms with Crippen LogP contribution in [-0.4, -0.2) is 59.2 Å². The molecular weight excluding hydrogens is 268 g/mol. The van der Waals surface area contributed by atoms with Crippen LogP contribution in [0.15, 0.2) is 0 Å². The molecule has 2 heterocycles. The van der Waals surface area contributed by atoms with Crippen LogP contribution in [0.25, 0.3) is 0 Å². The number of anilines is 2. The molecule has 0 bridgehead atoms. The third-order valence-electron chi connectivity index (χ3n) is 3.65. The maximum absolute atomic E-state index is 5.42. The van der Waals surface area contributed by atoms with Crippen molar-refractivity contribution in [1.29, 1.82) is 0 Å². The van der Waals surface area contributed by atoms with Crippen LogP contribution < -0.4 is 15.4 Å². The highest BCUT2D eigenvalue weighted by Crippen LogP contribution is 2.20. The van der Waals surface area contributed by atoms with Gasteiger partial charge < -0.3 is 20.3 Å². The van der Waals surface area contributed by atoms with Crippen LogP contribution in [0.4, 0.5) is 11.9 Å².